The number of halogens is 1. The standard InChI is InChI=1S/C17H16FNO3S/c18-12-4-1-10(2-5-12)14-7-8-15(23-14)17(22)19-13-6-3-11(13)9-16(20)21/h1-2,4-5,7-8,11,13H,3,6,9H2,(H,19,22)(H,20,21)/t11-,13-/m0/s1. The van der Waals surface area contributed by atoms with Crippen LogP contribution in [0.4, 0.5) is 4.39 Å². The maximum atomic E-state index is 12.9. The van der Waals surface area contributed by atoms with Crippen LogP contribution in [0.5, 0.6) is 0 Å². The summed E-state index contributed by atoms with van der Waals surface area (Å²) >= 11 is 1.34. The third-order valence-corrected chi connectivity index (χ3v) is 5.26. The Morgan fingerprint density at radius 3 is 2.52 bits per heavy atom. The molecule has 6 heteroatoms. The van der Waals surface area contributed by atoms with Gasteiger partial charge in [0.2, 0.25) is 0 Å². The van der Waals surface area contributed by atoms with Gasteiger partial charge in [-0.2, -0.15) is 0 Å². The third kappa shape index (κ3) is 3.59. The van der Waals surface area contributed by atoms with Gasteiger partial charge in [0.15, 0.2) is 0 Å². The smallest absolute Gasteiger partial charge is 0.303 e. The minimum absolute atomic E-state index is 0.0213. The zero-order chi connectivity index (χ0) is 16.4. The second-order valence-electron chi connectivity index (χ2n) is 5.69. The van der Waals surface area contributed by atoms with E-state index in [0.29, 0.717) is 4.88 Å². The highest BCUT2D eigenvalue weighted by atomic mass is 32.1. The molecule has 4 nitrogen and oxygen atoms in total. The molecule has 1 saturated carbocycles. The van der Waals surface area contributed by atoms with E-state index in [-0.39, 0.29) is 30.1 Å². The molecule has 1 aliphatic carbocycles. The molecule has 3 rings (SSSR count). The lowest BCUT2D eigenvalue weighted by Gasteiger charge is -2.36. The zero-order valence-electron chi connectivity index (χ0n) is 12.3. The van der Waals surface area contributed by atoms with Crippen LogP contribution in [-0.4, -0.2) is 23.0 Å². The molecule has 2 aromatic rings. The molecule has 0 spiro atoms. The summed E-state index contributed by atoms with van der Waals surface area (Å²) < 4.78 is 12.9. The Bertz CT molecular complexity index is 726. The van der Waals surface area contributed by atoms with Gasteiger partial charge < -0.3 is 10.4 Å². The maximum Gasteiger partial charge on any atom is 0.303 e. The van der Waals surface area contributed by atoms with E-state index in [4.69, 9.17) is 5.11 Å². The van der Waals surface area contributed by atoms with E-state index >= 15 is 0 Å². The van der Waals surface area contributed by atoms with Crippen molar-refractivity contribution < 1.29 is 19.1 Å². The molecule has 23 heavy (non-hydrogen) atoms. The number of aliphatic carboxylic acids is 1. The quantitative estimate of drug-likeness (QED) is 0.879. The number of carbonyl (C=O) groups excluding carboxylic acids is 1. The Hall–Kier alpha value is -2.21. The molecule has 0 unspecified atom stereocenters. The SMILES string of the molecule is O=C(O)C[C@@H]1CC[C@@H]1NC(=O)c1ccc(-c2ccc(F)cc2)s1. The van der Waals surface area contributed by atoms with Gasteiger partial charge in [0.05, 0.1) is 11.3 Å². The Balaban J connectivity index is 1.65. The summed E-state index contributed by atoms with van der Waals surface area (Å²) in [5, 5.41) is 11.7. The molecule has 120 valence electrons. The zero-order valence-corrected chi connectivity index (χ0v) is 13.1. The van der Waals surface area contributed by atoms with E-state index in [1.54, 1.807) is 18.2 Å². The maximum absolute atomic E-state index is 12.9. The first-order valence-corrected chi connectivity index (χ1v) is 8.23. The van der Waals surface area contributed by atoms with Crippen LogP contribution in [0.3, 0.4) is 0 Å². The van der Waals surface area contributed by atoms with Crippen LogP contribution in [0, 0.1) is 11.7 Å². The summed E-state index contributed by atoms with van der Waals surface area (Å²) in [6.45, 7) is 0. The molecule has 1 aromatic heterocycles. The number of carboxylic acid groups (broad SMARTS) is 1. The Kier molecular flexibility index (Phi) is 4.43. The van der Waals surface area contributed by atoms with Crippen LogP contribution in [0.25, 0.3) is 10.4 Å². The lowest BCUT2D eigenvalue weighted by atomic mass is 9.77. The predicted octanol–water partition coefficient (Wildman–Crippen LogP) is 3.54. The van der Waals surface area contributed by atoms with E-state index in [2.05, 4.69) is 5.32 Å². The highest BCUT2D eigenvalue weighted by Gasteiger charge is 2.33. The second kappa shape index (κ2) is 6.50. The van der Waals surface area contributed by atoms with E-state index < -0.39 is 5.97 Å². The highest BCUT2D eigenvalue weighted by molar-refractivity contribution is 7.17. The summed E-state index contributed by atoms with van der Waals surface area (Å²) in [6, 6.07) is 9.65. The molecule has 2 N–H and O–H groups in total. The van der Waals surface area contributed by atoms with E-state index in [1.807, 2.05) is 6.07 Å². The number of thiophene rings is 1. The molecule has 0 radical (unpaired) electrons. The average Bonchev–Trinajstić information content (AvgIpc) is 2.99. The number of hydrogen-bond acceptors (Lipinski definition) is 3. The van der Waals surface area contributed by atoms with Crippen molar-refractivity contribution in [2.75, 3.05) is 0 Å². The molecule has 0 aliphatic heterocycles. The first-order chi connectivity index (χ1) is 11.0. The van der Waals surface area contributed by atoms with Crippen molar-refractivity contribution in [1.82, 2.24) is 5.32 Å². The summed E-state index contributed by atoms with van der Waals surface area (Å²) in [5.74, 6) is -1.28. The van der Waals surface area contributed by atoms with E-state index in [1.165, 1.54) is 23.5 Å². The van der Waals surface area contributed by atoms with Crippen LogP contribution < -0.4 is 5.32 Å². The fraction of sp³-hybridized carbons (Fsp3) is 0.294. The number of rotatable bonds is 5. The van der Waals surface area contributed by atoms with Gasteiger partial charge in [-0.05, 0) is 48.6 Å². The lowest BCUT2D eigenvalue weighted by Crippen LogP contribution is -2.47. The molecule has 1 amide bonds. The van der Waals surface area contributed by atoms with Crippen molar-refractivity contribution in [3.63, 3.8) is 0 Å². The molecule has 0 bridgehead atoms. The minimum atomic E-state index is -0.830. The van der Waals surface area contributed by atoms with E-state index in [0.717, 1.165) is 23.3 Å². The lowest BCUT2D eigenvalue weighted by molar-refractivity contribution is -0.139. The van der Waals surface area contributed by atoms with Crippen molar-refractivity contribution in [2.45, 2.75) is 25.3 Å². The molecular formula is C17H16FNO3S. The number of amides is 1. The fourth-order valence-corrected chi connectivity index (χ4v) is 3.61. The first kappa shape index (κ1) is 15.7. The molecular weight excluding hydrogens is 317 g/mol. The number of carboxylic acids is 1. The first-order valence-electron chi connectivity index (χ1n) is 7.41. The fourth-order valence-electron chi connectivity index (χ4n) is 2.70. The monoisotopic (exact) mass is 333 g/mol. The Morgan fingerprint density at radius 1 is 1.17 bits per heavy atom. The van der Waals surface area contributed by atoms with Crippen molar-refractivity contribution in [2.24, 2.45) is 5.92 Å². The number of hydrogen-bond donors (Lipinski definition) is 2. The van der Waals surface area contributed by atoms with Crippen molar-refractivity contribution in [1.29, 1.82) is 0 Å². The van der Waals surface area contributed by atoms with Gasteiger partial charge in [0.25, 0.3) is 5.91 Å². The molecule has 0 saturated heterocycles. The molecule has 2 atom stereocenters. The summed E-state index contributed by atoms with van der Waals surface area (Å²) in [4.78, 5) is 24.5. The number of benzene rings is 1. The van der Waals surface area contributed by atoms with Crippen molar-refractivity contribution >= 4 is 23.2 Å². The van der Waals surface area contributed by atoms with Crippen LogP contribution in [0.1, 0.15) is 28.9 Å². The minimum Gasteiger partial charge on any atom is -0.481 e. The topological polar surface area (TPSA) is 66.4 Å². The second-order valence-corrected chi connectivity index (χ2v) is 6.77. The van der Waals surface area contributed by atoms with Gasteiger partial charge in [0, 0.05) is 10.9 Å². The van der Waals surface area contributed by atoms with Crippen LogP contribution >= 0.6 is 11.3 Å². The van der Waals surface area contributed by atoms with Gasteiger partial charge in [-0.25, -0.2) is 4.39 Å². The van der Waals surface area contributed by atoms with Gasteiger partial charge in [0.1, 0.15) is 5.82 Å². The summed E-state index contributed by atoms with van der Waals surface area (Å²) in [6.07, 6.45) is 1.75. The predicted molar refractivity (Wildman–Crippen MR) is 85.9 cm³/mol. The largest absolute Gasteiger partial charge is 0.481 e. The molecule has 1 aliphatic rings. The number of nitrogens with one attached hydrogen (secondary N) is 1. The van der Waals surface area contributed by atoms with Gasteiger partial charge in [-0.3, -0.25) is 9.59 Å². The van der Waals surface area contributed by atoms with Crippen molar-refractivity contribution in [3.05, 3.63) is 47.1 Å². The molecule has 1 aromatic carbocycles. The van der Waals surface area contributed by atoms with Gasteiger partial charge in [-0.15, -0.1) is 11.3 Å². The van der Waals surface area contributed by atoms with Crippen LogP contribution in [0.2, 0.25) is 0 Å². The summed E-state index contributed by atoms with van der Waals surface area (Å²) in [5.41, 5.74) is 0.864. The van der Waals surface area contributed by atoms with Crippen LogP contribution in [-0.2, 0) is 4.79 Å². The number of carbonyl (C=O) groups is 2. The van der Waals surface area contributed by atoms with Gasteiger partial charge >= 0.3 is 5.97 Å². The highest BCUT2D eigenvalue weighted by Crippen LogP contribution is 2.32. The van der Waals surface area contributed by atoms with Crippen LogP contribution in [0.15, 0.2) is 36.4 Å². The van der Waals surface area contributed by atoms with Gasteiger partial charge in [-0.1, -0.05) is 12.1 Å². The van der Waals surface area contributed by atoms with E-state index in [9.17, 15) is 14.0 Å². The molecule has 1 fully saturated rings. The summed E-state index contributed by atoms with van der Waals surface area (Å²) in [7, 11) is 0. The Morgan fingerprint density at radius 2 is 1.91 bits per heavy atom. The normalized spacial score (nSPS) is 19.9. The third-order valence-electron chi connectivity index (χ3n) is 4.13. The Labute approximate surface area is 137 Å². The average molecular weight is 333 g/mol. The molecule has 1 heterocycles. The van der Waals surface area contributed by atoms with Crippen molar-refractivity contribution in [3.8, 4) is 10.4 Å².